The third kappa shape index (κ3) is 4.17. The monoisotopic (exact) mass is 446 g/mol. The Balaban J connectivity index is 1.44. The standard InChI is InChI=1S/C23H18N4O2S2/c1-14-25-16(13-30-14)11-20-26-27-23(29-20)31-22(15-7-3-2-4-8-15)21(28)18-12-24-19-10-6-5-9-17(18)19/h2-10,12-13,22,24H,11H2,1H3. The van der Waals surface area contributed by atoms with Crippen molar-refractivity contribution in [1.29, 1.82) is 0 Å². The average molecular weight is 447 g/mol. The molecular formula is C23H18N4O2S2. The fourth-order valence-corrected chi connectivity index (χ4v) is 4.99. The van der Waals surface area contributed by atoms with Gasteiger partial charge in [-0.3, -0.25) is 4.79 Å². The number of hydrogen-bond acceptors (Lipinski definition) is 7. The van der Waals surface area contributed by atoms with Crippen LogP contribution in [0, 0.1) is 6.92 Å². The Morgan fingerprint density at radius 3 is 2.74 bits per heavy atom. The SMILES string of the molecule is Cc1nc(Cc2nnc(SC(C(=O)c3c[nH]c4ccccc34)c3ccccc3)o2)cs1. The number of Topliss-reactive ketones (excluding diaryl/α,β-unsaturated/α-hetero) is 1. The molecule has 5 rings (SSSR count). The first-order valence-corrected chi connectivity index (χ1v) is 11.5. The van der Waals surface area contributed by atoms with Crippen LogP contribution in [0.1, 0.15) is 37.8 Å². The number of rotatable bonds is 7. The van der Waals surface area contributed by atoms with E-state index in [1.54, 1.807) is 17.5 Å². The summed E-state index contributed by atoms with van der Waals surface area (Å²) in [4.78, 5) is 21.2. The van der Waals surface area contributed by atoms with E-state index >= 15 is 0 Å². The van der Waals surface area contributed by atoms with E-state index < -0.39 is 5.25 Å². The molecule has 0 fully saturated rings. The van der Waals surface area contributed by atoms with Crippen LogP contribution in [0.2, 0.25) is 0 Å². The number of thioether (sulfide) groups is 1. The highest BCUT2D eigenvalue weighted by molar-refractivity contribution is 8.00. The Morgan fingerprint density at radius 2 is 1.94 bits per heavy atom. The molecule has 1 atom stereocenters. The van der Waals surface area contributed by atoms with E-state index in [4.69, 9.17) is 4.42 Å². The van der Waals surface area contributed by atoms with Crippen LogP contribution in [0.4, 0.5) is 0 Å². The quantitative estimate of drug-likeness (QED) is 0.258. The lowest BCUT2D eigenvalue weighted by Crippen LogP contribution is -2.09. The molecule has 2 aromatic carbocycles. The first kappa shape index (κ1) is 19.7. The lowest BCUT2D eigenvalue weighted by molar-refractivity contribution is 0.0990. The number of nitrogens with zero attached hydrogens (tertiary/aromatic N) is 3. The van der Waals surface area contributed by atoms with Gasteiger partial charge in [-0.05, 0) is 30.3 Å². The number of carbonyl (C=O) groups excluding carboxylic acids is 1. The molecule has 1 N–H and O–H groups in total. The Hall–Kier alpha value is -3.23. The fraction of sp³-hybridized carbons (Fsp3) is 0.130. The zero-order valence-corrected chi connectivity index (χ0v) is 18.2. The summed E-state index contributed by atoms with van der Waals surface area (Å²) in [5, 5.41) is 12.1. The number of hydrogen-bond donors (Lipinski definition) is 1. The Bertz CT molecular complexity index is 1340. The molecule has 0 aliphatic carbocycles. The zero-order chi connectivity index (χ0) is 21.2. The van der Waals surface area contributed by atoms with Crippen LogP contribution in [0.3, 0.4) is 0 Å². The van der Waals surface area contributed by atoms with Crippen LogP contribution in [0.15, 0.2) is 75.8 Å². The smallest absolute Gasteiger partial charge is 0.277 e. The molecule has 154 valence electrons. The third-order valence-corrected chi connectivity index (χ3v) is 6.77. The minimum absolute atomic E-state index is 0.0106. The fourth-order valence-electron chi connectivity index (χ4n) is 3.42. The lowest BCUT2D eigenvalue weighted by atomic mass is 10.0. The van der Waals surface area contributed by atoms with E-state index in [9.17, 15) is 4.79 Å². The van der Waals surface area contributed by atoms with E-state index in [1.807, 2.05) is 66.9 Å². The number of aromatic amines is 1. The predicted molar refractivity (Wildman–Crippen MR) is 122 cm³/mol. The maximum atomic E-state index is 13.6. The van der Waals surface area contributed by atoms with Crippen LogP contribution in [0.25, 0.3) is 10.9 Å². The van der Waals surface area contributed by atoms with Crippen molar-refractivity contribution in [2.75, 3.05) is 0 Å². The molecule has 3 aromatic heterocycles. The summed E-state index contributed by atoms with van der Waals surface area (Å²) in [5.41, 5.74) is 3.37. The number of aromatic nitrogens is 4. The van der Waals surface area contributed by atoms with E-state index in [2.05, 4.69) is 20.2 Å². The molecule has 1 unspecified atom stereocenters. The average Bonchev–Trinajstić information content (AvgIpc) is 3.52. The first-order chi connectivity index (χ1) is 15.2. The minimum atomic E-state index is -0.504. The second kappa shape index (κ2) is 8.49. The number of carbonyl (C=O) groups is 1. The van der Waals surface area contributed by atoms with Gasteiger partial charge in [-0.25, -0.2) is 4.98 Å². The first-order valence-electron chi connectivity index (χ1n) is 9.72. The molecule has 0 aliphatic rings. The highest BCUT2D eigenvalue weighted by Crippen LogP contribution is 2.38. The number of ketones is 1. The zero-order valence-electron chi connectivity index (χ0n) is 16.6. The van der Waals surface area contributed by atoms with Crippen LogP contribution < -0.4 is 0 Å². The van der Waals surface area contributed by atoms with Gasteiger partial charge in [-0.1, -0.05) is 48.5 Å². The molecule has 5 aromatic rings. The molecule has 6 nitrogen and oxygen atoms in total. The number of H-pyrrole nitrogens is 1. The van der Waals surface area contributed by atoms with Crippen LogP contribution >= 0.6 is 23.1 Å². The van der Waals surface area contributed by atoms with Gasteiger partial charge in [0.1, 0.15) is 5.25 Å². The van der Waals surface area contributed by atoms with E-state index in [0.29, 0.717) is 23.1 Å². The summed E-state index contributed by atoms with van der Waals surface area (Å²) in [6.07, 6.45) is 2.25. The third-order valence-electron chi connectivity index (χ3n) is 4.86. The molecule has 3 heterocycles. The van der Waals surface area contributed by atoms with Gasteiger partial charge in [0.2, 0.25) is 5.89 Å². The van der Waals surface area contributed by atoms with Gasteiger partial charge in [0.25, 0.3) is 5.22 Å². The highest BCUT2D eigenvalue weighted by atomic mass is 32.2. The van der Waals surface area contributed by atoms with Gasteiger partial charge < -0.3 is 9.40 Å². The molecule has 8 heteroatoms. The van der Waals surface area contributed by atoms with Crippen molar-refractivity contribution in [1.82, 2.24) is 20.2 Å². The van der Waals surface area contributed by atoms with Crippen molar-refractivity contribution in [3.05, 3.63) is 93.9 Å². The summed E-state index contributed by atoms with van der Waals surface area (Å²) in [7, 11) is 0. The molecule has 0 amide bonds. The van der Waals surface area contributed by atoms with Crippen molar-refractivity contribution in [2.45, 2.75) is 23.8 Å². The highest BCUT2D eigenvalue weighted by Gasteiger charge is 2.27. The number of fused-ring (bicyclic) bond motifs is 1. The number of thiazole rings is 1. The normalized spacial score (nSPS) is 12.3. The molecule has 0 aliphatic heterocycles. The van der Waals surface area contributed by atoms with Crippen molar-refractivity contribution in [2.24, 2.45) is 0 Å². The van der Waals surface area contributed by atoms with Crippen LogP contribution in [-0.2, 0) is 6.42 Å². The molecular weight excluding hydrogens is 428 g/mol. The predicted octanol–water partition coefficient (Wildman–Crippen LogP) is 5.62. The van der Waals surface area contributed by atoms with Gasteiger partial charge in [0.15, 0.2) is 5.78 Å². The number of nitrogens with one attached hydrogen (secondary N) is 1. The Labute approximate surface area is 186 Å². The molecule has 0 saturated carbocycles. The summed E-state index contributed by atoms with van der Waals surface area (Å²) in [6, 6.07) is 17.5. The maximum absolute atomic E-state index is 13.6. The number of para-hydroxylation sites is 1. The largest absolute Gasteiger partial charge is 0.416 e. The second-order valence-corrected chi connectivity index (χ2v) is 9.14. The summed E-state index contributed by atoms with van der Waals surface area (Å²) >= 11 is 2.86. The summed E-state index contributed by atoms with van der Waals surface area (Å²) < 4.78 is 5.85. The molecule has 0 saturated heterocycles. The van der Waals surface area contributed by atoms with Crippen molar-refractivity contribution in [3.63, 3.8) is 0 Å². The van der Waals surface area contributed by atoms with Gasteiger partial charge in [0.05, 0.1) is 17.1 Å². The van der Waals surface area contributed by atoms with Crippen molar-refractivity contribution < 1.29 is 9.21 Å². The summed E-state index contributed by atoms with van der Waals surface area (Å²) in [6.45, 7) is 1.96. The van der Waals surface area contributed by atoms with Crippen LogP contribution in [-0.4, -0.2) is 25.9 Å². The molecule has 0 radical (unpaired) electrons. The Kier molecular flexibility index (Phi) is 5.40. The number of benzene rings is 2. The number of aryl methyl sites for hydroxylation is 1. The van der Waals surface area contributed by atoms with Gasteiger partial charge in [-0.15, -0.1) is 21.5 Å². The van der Waals surface area contributed by atoms with Crippen LogP contribution in [0.5, 0.6) is 0 Å². The van der Waals surface area contributed by atoms with Crippen molar-refractivity contribution >= 4 is 39.8 Å². The van der Waals surface area contributed by atoms with Crippen molar-refractivity contribution in [3.8, 4) is 0 Å². The summed E-state index contributed by atoms with van der Waals surface area (Å²) in [5.74, 6) is 0.475. The molecule has 31 heavy (non-hydrogen) atoms. The minimum Gasteiger partial charge on any atom is -0.416 e. The van der Waals surface area contributed by atoms with Gasteiger partial charge in [0, 0.05) is 28.0 Å². The van der Waals surface area contributed by atoms with Gasteiger partial charge >= 0.3 is 0 Å². The lowest BCUT2D eigenvalue weighted by Gasteiger charge is -2.13. The van der Waals surface area contributed by atoms with E-state index in [0.717, 1.165) is 27.2 Å². The second-order valence-electron chi connectivity index (χ2n) is 7.02. The molecule has 0 bridgehead atoms. The topological polar surface area (TPSA) is 84.7 Å². The maximum Gasteiger partial charge on any atom is 0.277 e. The Morgan fingerprint density at radius 1 is 1.13 bits per heavy atom. The van der Waals surface area contributed by atoms with Gasteiger partial charge in [-0.2, -0.15) is 0 Å². The van der Waals surface area contributed by atoms with E-state index in [-0.39, 0.29) is 5.78 Å². The van der Waals surface area contributed by atoms with E-state index in [1.165, 1.54) is 11.8 Å². The molecule has 0 spiro atoms.